The number of anilines is 1. The topological polar surface area (TPSA) is 103 Å². The highest BCUT2D eigenvalue weighted by Crippen LogP contribution is 2.39. The molecule has 0 aliphatic carbocycles. The predicted molar refractivity (Wildman–Crippen MR) is 238 cm³/mol. The second kappa shape index (κ2) is 18.9. The monoisotopic (exact) mass is 813 g/mol. The fourth-order valence-electron chi connectivity index (χ4n) is 9.02. The summed E-state index contributed by atoms with van der Waals surface area (Å²) in [6.45, 7) is 13.3. The van der Waals surface area contributed by atoms with Crippen LogP contribution in [-0.2, 0) is 36.1 Å². The third-order valence-corrected chi connectivity index (χ3v) is 12.3. The van der Waals surface area contributed by atoms with Gasteiger partial charge in [-0.1, -0.05) is 61.5 Å². The lowest BCUT2D eigenvalue weighted by Gasteiger charge is -2.34. The van der Waals surface area contributed by atoms with E-state index in [1.54, 1.807) is 0 Å². The Hall–Kier alpha value is -5.36. The number of carboxylic acid groups (broad SMARTS) is 1. The van der Waals surface area contributed by atoms with Gasteiger partial charge in [-0.15, -0.1) is 0 Å². The molecule has 4 heterocycles. The highest BCUT2D eigenvalue weighted by atomic mass is 16.5. The summed E-state index contributed by atoms with van der Waals surface area (Å²) < 4.78 is 28.6. The number of hydrogen-bond donors (Lipinski definition) is 1. The maximum atomic E-state index is 13.4. The van der Waals surface area contributed by atoms with Crippen molar-refractivity contribution in [2.24, 2.45) is 7.05 Å². The summed E-state index contributed by atoms with van der Waals surface area (Å²) in [5, 5.41) is 19.0. The molecule has 11 nitrogen and oxygen atoms in total. The van der Waals surface area contributed by atoms with Crippen molar-refractivity contribution in [3.05, 3.63) is 108 Å². The molecule has 2 saturated heterocycles. The molecule has 0 radical (unpaired) electrons. The molecule has 1 unspecified atom stereocenters. The van der Waals surface area contributed by atoms with E-state index in [9.17, 15) is 9.90 Å². The highest BCUT2D eigenvalue weighted by Gasteiger charge is 2.28. The lowest BCUT2D eigenvalue weighted by atomic mass is 9.98. The summed E-state index contributed by atoms with van der Waals surface area (Å²) >= 11 is 0. The molecule has 0 spiro atoms. The van der Waals surface area contributed by atoms with Gasteiger partial charge in [-0.3, -0.25) is 9.58 Å². The number of hydrogen-bond acceptors (Lipinski definition) is 8. The van der Waals surface area contributed by atoms with Crippen molar-refractivity contribution >= 4 is 33.3 Å². The molecule has 11 heteroatoms. The summed E-state index contributed by atoms with van der Waals surface area (Å²) in [5.74, 6) is 0.692. The minimum absolute atomic E-state index is 0.304. The molecule has 0 amide bonds. The zero-order valence-corrected chi connectivity index (χ0v) is 35.6. The summed E-state index contributed by atoms with van der Waals surface area (Å²) in [4.78, 5) is 18.1. The molecule has 2 aromatic heterocycles. The van der Waals surface area contributed by atoms with E-state index in [2.05, 4.69) is 66.1 Å². The molecule has 60 heavy (non-hydrogen) atoms. The van der Waals surface area contributed by atoms with Gasteiger partial charge in [-0.25, -0.2) is 4.79 Å². The van der Waals surface area contributed by atoms with E-state index in [-0.39, 0.29) is 0 Å². The van der Waals surface area contributed by atoms with E-state index in [0.29, 0.717) is 70.3 Å². The maximum absolute atomic E-state index is 13.4. The largest absolute Gasteiger partial charge is 0.493 e. The Bertz CT molecular complexity index is 2380. The number of para-hydroxylation sites is 1. The number of fused-ring (bicyclic) bond motifs is 2. The van der Waals surface area contributed by atoms with E-state index < -0.39 is 5.97 Å². The van der Waals surface area contributed by atoms with Gasteiger partial charge in [0.1, 0.15) is 23.8 Å². The van der Waals surface area contributed by atoms with Gasteiger partial charge in [-0.2, -0.15) is 5.10 Å². The number of carbonyl (C=O) groups is 1. The minimum atomic E-state index is -0.928. The van der Waals surface area contributed by atoms with Crippen molar-refractivity contribution in [2.45, 2.75) is 78.2 Å². The molecule has 1 N–H and O–H groups in total. The van der Waals surface area contributed by atoms with Gasteiger partial charge in [0.15, 0.2) is 0 Å². The maximum Gasteiger partial charge on any atom is 0.352 e. The van der Waals surface area contributed by atoms with E-state index in [1.807, 2.05) is 65.7 Å². The summed E-state index contributed by atoms with van der Waals surface area (Å²) in [6, 6.07) is 28.9. The van der Waals surface area contributed by atoms with Crippen LogP contribution in [0, 0.1) is 6.92 Å². The van der Waals surface area contributed by atoms with Crippen LogP contribution < -0.4 is 14.4 Å². The molecule has 2 aliphatic rings. The molecule has 6 aromatic rings. The van der Waals surface area contributed by atoms with Crippen LogP contribution in [0.2, 0.25) is 0 Å². The third kappa shape index (κ3) is 9.04. The molecule has 0 saturated carbocycles. The van der Waals surface area contributed by atoms with Crippen molar-refractivity contribution in [1.82, 2.24) is 19.2 Å². The average molecular weight is 814 g/mol. The van der Waals surface area contributed by atoms with Crippen LogP contribution in [0.5, 0.6) is 11.5 Å². The lowest BCUT2D eigenvalue weighted by Crippen LogP contribution is -2.38. The van der Waals surface area contributed by atoms with Crippen LogP contribution in [0.25, 0.3) is 32.8 Å². The second-order valence-electron chi connectivity index (χ2n) is 16.2. The Morgan fingerprint density at radius 1 is 0.900 bits per heavy atom. The van der Waals surface area contributed by atoms with E-state index >= 15 is 0 Å². The smallest absolute Gasteiger partial charge is 0.352 e. The number of nitrogens with zero attached hydrogens (tertiary/aromatic N) is 5. The summed E-state index contributed by atoms with van der Waals surface area (Å²) in [6.07, 6.45) is 4.95. The molecule has 0 bridgehead atoms. The van der Waals surface area contributed by atoms with Crippen LogP contribution in [0.3, 0.4) is 0 Å². The standard InChI is InChI=1S/C49H59N5O6/c1-5-34(2)60-39-22-24-53(25-23-39)37-18-20-38(21-19-37)59-33-44-46(35(3)50-51(44)4)43-15-9-14-41-42(16-10-30-58-45-17-8-12-36-11-6-7-13-40(36)45)48(49(55)56)54(47(41)43)27-26-52-28-31-57-32-29-52/h6-9,11-15,17-21,34,39H,5,10,16,22-33H2,1-4H3,(H,55,56). The van der Waals surface area contributed by atoms with Crippen LogP contribution >= 0.6 is 0 Å². The minimum Gasteiger partial charge on any atom is -0.493 e. The number of aromatic carboxylic acids is 1. The van der Waals surface area contributed by atoms with E-state index in [1.165, 1.54) is 5.69 Å². The first-order valence-electron chi connectivity index (χ1n) is 21.7. The fourth-order valence-corrected chi connectivity index (χ4v) is 9.02. The molecule has 316 valence electrons. The molecular formula is C49H59N5O6. The number of benzene rings is 4. The Morgan fingerprint density at radius 3 is 2.40 bits per heavy atom. The Morgan fingerprint density at radius 2 is 1.63 bits per heavy atom. The zero-order valence-electron chi connectivity index (χ0n) is 35.6. The Labute approximate surface area is 353 Å². The van der Waals surface area contributed by atoms with Crippen LogP contribution in [-0.4, -0.2) is 95.1 Å². The summed E-state index contributed by atoms with van der Waals surface area (Å²) in [5.41, 5.74) is 6.98. The normalized spacial score (nSPS) is 15.8. The van der Waals surface area contributed by atoms with E-state index in [4.69, 9.17) is 24.0 Å². The van der Waals surface area contributed by atoms with Gasteiger partial charge in [0.25, 0.3) is 0 Å². The van der Waals surface area contributed by atoms with Gasteiger partial charge in [-0.05, 0) is 87.2 Å². The van der Waals surface area contributed by atoms with Gasteiger partial charge < -0.3 is 33.5 Å². The molecule has 2 aliphatic heterocycles. The van der Waals surface area contributed by atoms with Gasteiger partial charge >= 0.3 is 5.97 Å². The van der Waals surface area contributed by atoms with Crippen LogP contribution in [0.1, 0.15) is 67.0 Å². The van der Waals surface area contributed by atoms with Crippen molar-refractivity contribution < 1.29 is 28.8 Å². The second-order valence-corrected chi connectivity index (χ2v) is 16.2. The van der Waals surface area contributed by atoms with Gasteiger partial charge in [0.2, 0.25) is 0 Å². The average Bonchev–Trinajstić information content (AvgIpc) is 3.75. The van der Waals surface area contributed by atoms with Crippen molar-refractivity contribution in [3.8, 4) is 22.6 Å². The van der Waals surface area contributed by atoms with E-state index in [0.717, 1.165) is 107 Å². The Balaban J connectivity index is 1.06. The highest BCUT2D eigenvalue weighted by molar-refractivity contribution is 6.04. The van der Waals surface area contributed by atoms with Crippen LogP contribution in [0.4, 0.5) is 5.69 Å². The number of ether oxygens (including phenoxy) is 4. The number of rotatable bonds is 17. The first kappa shape index (κ1) is 41.4. The molecule has 4 aromatic carbocycles. The first-order valence-corrected chi connectivity index (χ1v) is 21.7. The predicted octanol–water partition coefficient (Wildman–Crippen LogP) is 8.91. The van der Waals surface area contributed by atoms with Gasteiger partial charge in [0, 0.05) is 73.9 Å². The SMILES string of the molecule is CCC(C)OC1CCN(c2ccc(OCc3c(-c4cccc5c(CCCOc6cccc7ccccc67)c(C(=O)O)n(CCN6CCOCC6)c45)c(C)nn3C)cc2)CC1. The van der Waals surface area contributed by atoms with Crippen molar-refractivity contribution in [2.75, 3.05) is 57.4 Å². The first-order chi connectivity index (χ1) is 29.3. The molecule has 8 rings (SSSR count). The van der Waals surface area contributed by atoms with Crippen molar-refractivity contribution in [3.63, 3.8) is 0 Å². The lowest BCUT2D eigenvalue weighted by molar-refractivity contribution is -0.0155. The van der Waals surface area contributed by atoms with Gasteiger partial charge in [0.05, 0.1) is 48.9 Å². The Kier molecular flexibility index (Phi) is 13.0. The molecular weight excluding hydrogens is 755 g/mol. The summed E-state index contributed by atoms with van der Waals surface area (Å²) in [7, 11) is 1.95. The third-order valence-electron chi connectivity index (χ3n) is 12.3. The zero-order chi connectivity index (χ0) is 41.6. The number of morpholine rings is 1. The quantitative estimate of drug-likeness (QED) is 0.0905. The van der Waals surface area contributed by atoms with Crippen LogP contribution in [0.15, 0.2) is 84.9 Å². The molecule has 2 fully saturated rings. The molecule has 1 atom stereocenters. The number of piperidine rings is 1. The number of aromatic nitrogens is 3. The number of carboxylic acids is 1. The number of aryl methyl sites for hydroxylation is 3. The van der Waals surface area contributed by atoms with Crippen molar-refractivity contribution in [1.29, 1.82) is 0 Å². The fraction of sp³-hybridized carbons (Fsp3) is 0.429.